The fraction of sp³-hybridized carbons (Fsp3) is 0.233. The highest BCUT2D eigenvalue weighted by atomic mass is 19.1. The van der Waals surface area contributed by atoms with Crippen molar-refractivity contribution in [3.05, 3.63) is 107 Å². The number of aromatic nitrogens is 6. The highest BCUT2D eigenvalue weighted by molar-refractivity contribution is 5.62. The summed E-state index contributed by atoms with van der Waals surface area (Å²) in [6.07, 6.45) is 7.62. The van der Waals surface area contributed by atoms with Crippen LogP contribution in [0.15, 0.2) is 84.2 Å². The van der Waals surface area contributed by atoms with E-state index < -0.39 is 11.6 Å². The minimum absolute atomic E-state index is 0.174. The predicted octanol–water partition coefficient (Wildman–Crippen LogP) is 2.88. The molecule has 3 aromatic heterocycles. The quantitative estimate of drug-likeness (QED) is 0.286. The van der Waals surface area contributed by atoms with Crippen molar-refractivity contribution in [3.8, 4) is 33.8 Å². The first-order valence-electron chi connectivity index (χ1n) is 13.5. The molecule has 0 radical (unpaired) electrons. The Morgan fingerprint density at radius 2 is 1.66 bits per heavy atom. The van der Waals surface area contributed by atoms with E-state index in [1.165, 1.54) is 28.9 Å². The van der Waals surface area contributed by atoms with Crippen LogP contribution in [-0.4, -0.2) is 62.5 Å². The molecule has 0 bridgehead atoms. The van der Waals surface area contributed by atoms with Crippen molar-refractivity contribution in [2.75, 3.05) is 32.7 Å². The fourth-order valence-electron chi connectivity index (χ4n) is 4.89. The number of nitrogens with one attached hydrogen (secondary N) is 2. The number of rotatable bonds is 8. The minimum atomic E-state index is -0.709. The molecule has 1 aliphatic rings. The highest BCUT2D eigenvalue weighted by Gasteiger charge is 2.15. The number of aromatic amines is 1. The molecule has 4 heterocycles. The van der Waals surface area contributed by atoms with Gasteiger partial charge >= 0.3 is 0 Å². The van der Waals surface area contributed by atoms with Gasteiger partial charge in [-0.05, 0) is 29.8 Å². The highest BCUT2D eigenvalue weighted by Crippen LogP contribution is 2.21. The van der Waals surface area contributed by atoms with Crippen molar-refractivity contribution in [2.24, 2.45) is 0 Å². The normalized spacial score (nSPS) is 13.9. The van der Waals surface area contributed by atoms with E-state index in [1.54, 1.807) is 12.4 Å². The third-order valence-electron chi connectivity index (χ3n) is 7.08. The summed E-state index contributed by atoms with van der Waals surface area (Å²) in [5.41, 5.74) is 3.75. The van der Waals surface area contributed by atoms with E-state index in [4.69, 9.17) is 0 Å². The smallest absolute Gasteiger partial charge is 0.267 e. The van der Waals surface area contributed by atoms with Crippen molar-refractivity contribution in [1.29, 1.82) is 0 Å². The fourth-order valence-corrected chi connectivity index (χ4v) is 4.89. The number of hydrogen-bond acceptors (Lipinski definition) is 6. The Balaban J connectivity index is 1.15. The number of piperazine rings is 1. The van der Waals surface area contributed by atoms with Crippen LogP contribution >= 0.6 is 0 Å². The van der Waals surface area contributed by atoms with Crippen LogP contribution in [0.2, 0.25) is 0 Å². The van der Waals surface area contributed by atoms with E-state index in [0.717, 1.165) is 67.6 Å². The Bertz CT molecular complexity index is 1690. The monoisotopic (exact) mass is 555 g/mol. The largest absolute Gasteiger partial charge is 0.314 e. The van der Waals surface area contributed by atoms with Gasteiger partial charge in [-0.25, -0.2) is 23.4 Å². The van der Waals surface area contributed by atoms with Gasteiger partial charge in [0.15, 0.2) is 12.4 Å². The van der Waals surface area contributed by atoms with Gasteiger partial charge in [0.1, 0.15) is 11.6 Å². The van der Waals surface area contributed by atoms with Gasteiger partial charge in [0.25, 0.3) is 5.56 Å². The van der Waals surface area contributed by atoms with Gasteiger partial charge in [0, 0.05) is 67.4 Å². The van der Waals surface area contributed by atoms with E-state index in [2.05, 4.69) is 41.3 Å². The summed E-state index contributed by atoms with van der Waals surface area (Å²) in [4.78, 5) is 24.1. The third-order valence-corrected chi connectivity index (χ3v) is 7.08. The summed E-state index contributed by atoms with van der Waals surface area (Å²) in [5.74, 6) is -0.860. The van der Waals surface area contributed by atoms with E-state index in [0.29, 0.717) is 11.5 Å². The van der Waals surface area contributed by atoms with Gasteiger partial charge in [0.05, 0.1) is 30.5 Å². The molecular weight excluding hydrogens is 526 g/mol. The molecule has 0 unspecified atom stereocenters. The molecule has 0 spiro atoms. The molecule has 1 saturated heterocycles. The molecule has 0 amide bonds. The number of hydrogen-bond donors (Lipinski definition) is 2. The molecule has 11 heteroatoms. The maximum atomic E-state index is 13.7. The van der Waals surface area contributed by atoms with Crippen molar-refractivity contribution >= 4 is 0 Å². The Morgan fingerprint density at radius 3 is 2.44 bits per heavy atom. The Kier molecular flexibility index (Phi) is 7.70. The standard InChI is InChI=1S/C30H28F2N8O/c31-26-13-23(14-27(32)15-26)28-4-5-29(41)40(37-28)19-21-2-1-3-22(12-21)30-34-16-24(17-35-30)25-18-36-39(20-25)11-10-38-8-6-33-7-9-38/h1-5,12-18,20,33H,6-11,19H2/p+1. The molecule has 6 rings (SSSR count). The first-order valence-corrected chi connectivity index (χ1v) is 13.5. The van der Waals surface area contributed by atoms with Crippen LogP contribution in [0.25, 0.3) is 33.8 Å². The summed E-state index contributed by atoms with van der Waals surface area (Å²) in [5, 5.41) is 11.0. The number of benzene rings is 2. The first-order chi connectivity index (χ1) is 20.0. The lowest BCUT2D eigenvalue weighted by Gasteiger charge is -2.25. The van der Waals surface area contributed by atoms with E-state index in [-0.39, 0.29) is 17.7 Å². The van der Waals surface area contributed by atoms with Gasteiger partial charge in [-0.15, -0.1) is 4.68 Å². The lowest BCUT2D eigenvalue weighted by Crippen LogP contribution is -2.48. The van der Waals surface area contributed by atoms with E-state index in [9.17, 15) is 13.6 Å². The number of nitrogens with zero attached hydrogens (tertiary/aromatic N) is 6. The van der Waals surface area contributed by atoms with E-state index >= 15 is 0 Å². The molecule has 5 aromatic rings. The summed E-state index contributed by atoms with van der Waals surface area (Å²) in [7, 11) is 0. The lowest BCUT2D eigenvalue weighted by atomic mass is 10.1. The molecule has 208 valence electrons. The molecule has 9 nitrogen and oxygen atoms in total. The predicted molar refractivity (Wildman–Crippen MR) is 150 cm³/mol. The van der Waals surface area contributed by atoms with Gasteiger partial charge in [-0.2, -0.15) is 10.2 Å². The van der Waals surface area contributed by atoms with E-state index in [1.807, 2.05) is 30.5 Å². The maximum Gasteiger partial charge on any atom is 0.267 e. The zero-order valence-electron chi connectivity index (χ0n) is 22.3. The second-order valence-electron chi connectivity index (χ2n) is 10.0. The number of H-pyrrole nitrogens is 1. The first kappa shape index (κ1) is 26.6. The summed E-state index contributed by atoms with van der Waals surface area (Å²) in [6.45, 7) is 6.26. The van der Waals surface area contributed by atoms with Gasteiger partial charge in [0.2, 0.25) is 6.20 Å². The average molecular weight is 556 g/mol. The van der Waals surface area contributed by atoms with Crippen LogP contribution in [0.5, 0.6) is 0 Å². The third kappa shape index (κ3) is 6.42. The Morgan fingerprint density at radius 1 is 0.878 bits per heavy atom. The molecule has 0 aliphatic carbocycles. The van der Waals surface area contributed by atoms with Crippen LogP contribution in [0.4, 0.5) is 8.78 Å². The maximum absolute atomic E-state index is 13.7. The molecule has 1 fully saturated rings. The molecule has 2 aromatic carbocycles. The SMILES string of the molecule is O=c1ccc(-c2cc(F)cc(F)c2)nn1Cc1cccc(-c2ncc(-c3c[nH][n+](CCN4CCNCC4)c3)cn2)c1. The number of halogens is 2. The van der Waals surface area contributed by atoms with Gasteiger partial charge in [-0.1, -0.05) is 18.2 Å². The van der Waals surface area contributed by atoms with Crippen LogP contribution < -0.4 is 15.6 Å². The molecular formula is C30H29F2N8O+. The second-order valence-corrected chi connectivity index (χ2v) is 10.0. The summed E-state index contributed by atoms with van der Waals surface area (Å²) in [6, 6.07) is 13.5. The molecule has 41 heavy (non-hydrogen) atoms. The van der Waals surface area contributed by atoms with Crippen LogP contribution in [0.3, 0.4) is 0 Å². The topological polar surface area (TPSA) is 95.6 Å². The molecule has 0 atom stereocenters. The van der Waals surface area contributed by atoms with Crippen molar-refractivity contribution < 1.29 is 13.5 Å². The van der Waals surface area contributed by atoms with Crippen molar-refractivity contribution in [3.63, 3.8) is 0 Å². The van der Waals surface area contributed by atoms with Gasteiger partial charge in [-0.3, -0.25) is 9.69 Å². The van der Waals surface area contributed by atoms with Crippen LogP contribution in [0.1, 0.15) is 5.56 Å². The average Bonchev–Trinajstić information content (AvgIpc) is 3.47. The Hall–Kier alpha value is -4.61. The second kappa shape index (κ2) is 11.9. The van der Waals surface area contributed by atoms with Crippen LogP contribution in [0, 0.1) is 11.6 Å². The van der Waals surface area contributed by atoms with Crippen molar-refractivity contribution in [2.45, 2.75) is 13.1 Å². The Labute approximate surface area is 235 Å². The van der Waals surface area contributed by atoms with Crippen LogP contribution in [-0.2, 0) is 13.1 Å². The zero-order valence-corrected chi connectivity index (χ0v) is 22.3. The van der Waals surface area contributed by atoms with Gasteiger partial charge < -0.3 is 5.32 Å². The summed E-state index contributed by atoms with van der Waals surface area (Å²) < 4.78 is 30.8. The minimum Gasteiger partial charge on any atom is -0.314 e. The lowest BCUT2D eigenvalue weighted by molar-refractivity contribution is -0.749. The zero-order chi connectivity index (χ0) is 28.2. The molecule has 0 saturated carbocycles. The molecule has 1 aliphatic heterocycles. The molecule has 2 N–H and O–H groups in total. The summed E-state index contributed by atoms with van der Waals surface area (Å²) >= 11 is 0. The van der Waals surface area contributed by atoms with Crippen molar-refractivity contribution in [1.82, 2.24) is 35.1 Å².